The van der Waals surface area contributed by atoms with E-state index in [9.17, 15) is 5.11 Å². The van der Waals surface area contributed by atoms with E-state index >= 15 is 0 Å². The van der Waals surface area contributed by atoms with Crippen molar-refractivity contribution < 1.29 is 5.11 Å². The molecule has 0 bridgehead atoms. The largest absolute Gasteiger partial charge is 0.398 e. The molecular formula is C14H21ClN2O. The molecule has 0 aromatic heterocycles. The SMILES string of the molecule is Cc1cc(N)c(Cl)cc1NC1CCCCCC1O. The van der Waals surface area contributed by atoms with Crippen molar-refractivity contribution in [3.63, 3.8) is 0 Å². The van der Waals surface area contributed by atoms with Gasteiger partial charge in [0.15, 0.2) is 0 Å². The Morgan fingerprint density at radius 3 is 2.78 bits per heavy atom. The quantitative estimate of drug-likeness (QED) is 0.570. The third-order valence-electron chi connectivity index (χ3n) is 3.66. The summed E-state index contributed by atoms with van der Waals surface area (Å²) in [5.74, 6) is 0. The van der Waals surface area contributed by atoms with E-state index in [2.05, 4.69) is 5.32 Å². The molecule has 4 N–H and O–H groups in total. The van der Waals surface area contributed by atoms with Gasteiger partial charge in [-0.1, -0.05) is 30.9 Å². The number of hydrogen-bond donors (Lipinski definition) is 3. The zero-order chi connectivity index (χ0) is 13.1. The number of rotatable bonds is 2. The molecule has 3 nitrogen and oxygen atoms in total. The van der Waals surface area contributed by atoms with E-state index in [1.54, 1.807) is 0 Å². The van der Waals surface area contributed by atoms with Gasteiger partial charge in [-0.05, 0) is 37.5 Å². The van der Waals surface area contributed by atoms with E-state index in [-0.39, 0.29) is 12.1 Å². The highest BCUT2D eigenvalue weighted by Gasteiger charge is 2.21. The van der Waals surface area contributed by atoms with Crippen LogP contribution in [0.25, 0.3) is 0 Å². The van der Waals surface area contributed by atoms with Crippen LogP contribution in [0.4, 0.5) is 11.4 Å². The maximum absolute atomic E-state index is 10.1. The topological polar surface area (TPSA) is 58.3 Å². The molecule has 4 heteroatoms. The molecule has 2 atom stereocenters. The minimum Gasteiger partial charge on any atom is -0.398 e. The summed E-state index contributed by atoms with van der Waals surface area (Å²) in [7, 11) is 0. The van der Waals surface area contributed by atoms with Gasteiger partial charge in [-0.25, -0.2) is 0 Å². The first-order valence-corrected chi connectivity index (χ1v) is 6.96. The van der Waals surface area contributed by atoms with Crippen molar-refractivity contribution in [3.8, 4) is 0 Å². The Morgan fingerprint density at radius 1 is 1.28 bits per heavy atom. The van der Waals surface area contributed by atoms with Gasteiger partial charge in [0.05, 0.1) is 22.9 Å². The van der Waals surface area contributed by atoms with Crippen LogP contribution in [0.1, 0.15) is 37.7 Å². The Bertz CT molecular complexity index is 423. The van der Waals surface area contributed by atoms with Crippen LogP contribution in [-0.4, -0.2) is 17.3 Å². The van der Waals surface area contributed by atoms with Crippen molar-refractivity contribution in [1.29, 1.82) is 0 Å². The van der Waals surface area contributed by atoms with Crippen molar-refractivity contribution in [1.82, 2.24) is 0 Å². The fraction of sp³-hybridized carbons (Fsp3) is 0.571. The predicted molar refractivity (Wildman–Crippen MR) is 77.1 cm³/mol. The second kappa shape index (κ2) is 5.81. The summed E-state index contributed by atoms with van der Waals surface area (Å²) >= 11 is 6.04. The highest BCUT2D eigenvalue weighted by atomic mass is 35.5. The lowest BCUT2D eigenvalue weighted by Gasteiger charge is -2.24. The lowest BCUT2D eigenvalue weighted by molar-refractivity contribution is 0.144. The number of halogens is 1. The number of hydrogen-bond acceptors (Lipinski definition) is 3. The van der Waals surface area contributed by atoms with Gasteiger partial charge < -0.3 is 16.2 Å². The molecule has 18 heavy (non-hydrogen) atoms. The van der Waals surface area contributed by atoms with Gasteiger partial charge in [0.2, 0.25) is 0 Å². The average Bonchev–Trinajstić information content (AvgIpc) is 2.52. The molecule has 1 aromatic carbocycles. The van der Waals surface area contributed by atoms with E-state index in [0.717, 1.165) is 36.9 Å². The zero-order valence-electron chi connectivity index (χ0n) is 10.7. The van der Waals surface area contributed by atoms with Crippen LogP contribution in [0.3, 0.4) is 0 Å². The van der Waals surface area contributed by atoms with Crippen molar-refractivity contribution in [2.24, 2.45) is 0 Å². The lowest BCUT2D eigenvalue weighted by Crippen LogP contribution is -2.32. The Labute approximate surface area is 113 Å². The highest BCUT2D eigenvalue weighted by Crippen LogP contribution is 2.29. The molecule has 1 aliphatic rings. The molecule has 0 heterocycles. The number of aliphatic hydroxyl groups is 1. The third kappa shape index (κ3) is 3.09. The molecule has 0 amide bonds. The van der Waals surface area contributed by atoms with Gasteiger partial charge in [-0.2, -0.15) is 0 Å². The van der Waals surface area contributed by atoms with Crippen LogP contribution >= 0.6 is 11.6 Å². The van der Waals surface area contributed by atoms with Gasteiger partial charge in [0.25, 0.3) is 0 Å². The molecule has 0 radical (unpaired) electrons. The second-order valence-electron chi connectivity index (χ2n) is 5.14. The third-order valence-corrected chi connectivity index (χ3v) is 3.99. The van der Waals surface area contributed by atoms with Gasteiger partial charge in [-0.15, -0.1) is 0 Å². The van der Waals surface area contributed by atoms with Crippen LogP contribution in [-0.2, 0) is 0 Å². The number of aliphatic hydroxyl groups excluding tert-OH is 1. The minimum atomic E-state index is -0.275. The molecule has 1 fully saturated rings. The number of nitrogen functional groups attached to an aromatic ring is 1. The number of benzene rings is 1. The fourth-order valence-corrected chi connectivity index (χ4v) is 2.68. The van der Waals surface area contributed by atoms with E-state index in [1.165, 1.54) is 6.42 Å². The molecule has 2 unspecified atom stereocenters. The first kappa shape index (κ1) is 13.5. The monoisotopic (exact) mass is 268 g/mol. The highest BCUT2D eigenvalue weighted by molar-refractivity contribution is 6.33. The summed E-state index contributed by atoms with van der Waals surface area (Å²) in [6.45, 7) is 2.00. The normalized spacial score (nSPS) is 24.6. The smallest absolute Gasteiger partial charge is 0.0741 e. The van der Waals surface area contributed by atoms with E-state index in [1.807, 2.05) is 19.1 Å². The molecule has 1 aliphatic carbocycles. The summed E-state index contributed by atoms with van der Waals surface area (Å²) in [6, 6.07) is 3.84. The fourth-order valence-electron chi connectivity index (χ4n) is 2.52. The maximum atomic E-state index is 10.1. The first-order chi connectivity index (χ1) is 8.58. The molecule has 0 aliphatic heterocycles. The second-order valence-corrected chi connectivity index (χ2v) is 5.55. The lowest BCUT2D eigenvalue weighted by atomic mass is 10.0. The molecule has 2 rings (SSSR count). The van der Waals surface area contributed by atoms with Crippen molar-refractivity contribution in [2.75, 3.05) is 11.1 Å². The van der Waals surface area contributed by atoms with Crippen LogP contribution in [0.5, 0.6) is 0 Å². The van der Waals surface area contributed by atoms with Crippen molar-refractivity contribution >= 4 is 23.0 Å². The molecule has 1 saturated carbocycles. The minimum absolute atomic E-state index is 0.117. The summed E-state index contributed by atoms with van der Waals surface area (Å²) in [6.07, 6.45) is 5.08. The van der Waals surface area contributed by atoms with Gasteiger partial charge in [-0.3, -0.25) is 0 Å². The maximum Gasteiger partial charge on any atom is 0.0741 e. The molecular weight excluding hydrogens is 248 g/mol. The standard InChI is InChI=1S/C14H21ClN2O/c1-9-7-11(16)10(15)8-13(9)17-12-5-3-2-4-6-14(12)18/h7-8,12,14,17-18H,2-6,16H2,1H3. The first-order valence-electron chi connectivity index (χ1n) is 6.58. The predicted octanol–water partition coefficient (Wildman–Crippen LogP) is 3.34. The molecule has 0 saturated heterocycles. The number of aryl methyl sites for hydroxylation is 1. The van der Waals surface area contributed by atoms with Crippen molar-refractivity contribution in [2.45, 2.75) is 51.2 Å². The summed E-state index contributed by atoms with van der Waals surface area (Å²) in [5, 5.41) is 14.1. The molecule has 100 valence electrons. The molecule has 0 spiro atoms. The summed E-state index contributed by atoms with van der Waals surface area (Å²) < 4.78 is 0. The van der Waals surface area contributed by atoms with Crippen LogP contribution in [0, 0.1) is 6.92 Å². The number of nitrogens with one attached hydrogen (secondary N) is 1. The van der Waals surface area contributed by atoms with E-state index < -0.39 is 0 Å². The van der Waals surface area contributed by atoms with E-state index in [0.29, 0.717) is 10.7 Å². The average molecular weight is 269 g/mol. The van der Waals surface area contributed by atoms with Crippen LogP contribution in [0.15, 0.2) is 12.1 Å². The summed E-state index contributed by atoms with van der Waals surface area (Å²) in [4.78, 5) is 0. The van der Waals surface area contributed by atoms with E-state index in [4.69, 9.17) is 17.3 Å². The van der Waals surface area contributed by atoms with Gasteiger partial charge >= 0.3 is 0 Å². The number of anilines is 2. The summed E-state index contributed by atoms with van der Waals surface area (Å²) in [5.41, 5.74) is 8.40. The number of nitrogens with two attached hydrogens (primary N) is 1. The Kier molecular flexibility index (Phi) is 4.36. The Hall–Kier alpha value is -0.930. The Balaban J connectivity index is 2.14. The van der Waals surface area contributed by atoms with Gasteiger partial charge in [0, 0.05) is 5.69 Å². The zero-order valence-corrected chi connectivity index (χ0v) is 11.5. The molecule has 1 aromatic rings. The van der Waals surface area contributed by atoms with Crippen LogP contribution < -0.4 is 11.1 Å². The van der Waals surface area contributed by atoms with Crippen molar-refractivity contribution in [3.05, 3.63) is 22.7 Å². The van der Waals surface area contributed by atoms with Crippen LogP contribution in [0.2, 0.25) is 5.02 Å². The van der Waals surface area contributed by atoms with Gasteiger partial charge in [0.1, 0.15) is 0 Å². The Morgan fingerprint density at radius 2 is 2.00 bits per heavy atom.